The molecule has 2 N–H and O–H groups in total. The summed E-state index contributed by atoms with van der Waals surface area (Å²) in [6, 6.07) is 3.51. The van der Waals surface area contributed by atoms with E-state index < -0.39 is 0 Å². The van der Waals surface area contributed by atoms with E-state index in [-0.39, 0.29) is 11.9 Å². The van der Waals surface area contributed by atoms with Gasteiger partial charge in [0.1, 0.15) is 10.7 Å². The van der Waals surface area contributed by atoms with E-state index in [9.17, 15) is 4.79 Å². The van der Waals surface area contributed by atoms with Gasteiger partial charge in [0.25, 0.3) is 5.91 Å². The van der Waals surface area contributed by atoms with Crippen molar-refractivity contribution in [1.82, 2.24) is 15.3 Å². The third-order valence-electron chi connectivity index (χ3n) is 2.93. The van der Waals surface area contributed by atoms with Crippen molar-refractivity contribution in [3.8, 4) is 0 Å². The summed E-state index contributed by atoms with van der Waals surface area (Å²) in [5, 5.41) is 7.08. The highest BCUT2D eigenvalue weighted by Gasteiger charge is 2.15. The maximum absolute atomic E-state index is 12.2. The Bertz CT molecular complexity index is 611. The van der Waals surface area contributed by atoms with Gasteiger partial charge >= 0.3 is 0 Å². The zero-order valence-corrected chi connectivity index (χ0v) is 13.3. The maximum atomic E-state index is 12.2. The molecule has 2 rings (SSSR count). The van der Waals surface area contributed by atoms with E-state index in [4.69, 9.17) is 0 Å². The summed E-state index contributed by atoms with van der Waals surface area (Å²) < 4.78 is 0. The van der Waals surface area contributed by atoms with E-state index in [2.05, 4.69) is 27.5 Å². The summed E-state index contributed by atoms with van der Waals surface area (Å²) >= 11 is 1.59. The lowest BCUT2D eigenvalue weighted by Crippen LogP contribution is -2.27. The number of hydrogen-bond donors (Lipinski definition) is 2. The summed E-state index contributed by atoms with van der Waals surface area (Å²) in [6.45, 7) is 6.90. The molecule has 2 heterocycles. The lowest BCUT2D eigenvalue weighted by atomic mass is 10.2. The van der Waals surface area contributed by atoms with Crippen LogP contribution in [0.15, 0.2) is 24.5 Å². The van der Waals surface area contributed by atoms with Gasteiger partial charge in [-0.1, -0.05) is 6.92 Å². The van der Waals surface area contributed by atoms with E-state index in [1.165, 1.54) is 0 Å². The zero-order valence-electron chi connectivity index (χ0n) is 12.5. The second-order valence-electron chi connectivity index (χ2n) is 4.86. The number of carbonyl (C=O) groups excluding carboxylic acids is 1. The van der Waals surface area contributed by atoms with Gasteiger partial charge in [-0.15, -0.1) is 11.3 Å². The molecule has 6 heteroatoms. The van der Waals surface area contributed by atoms with E-state index >= 15 is 0 Å². The molecule has 0 saturated carbocycles. The average molecular weight is 304 g/mol. The Morgan fingerprint density at radius 3 is 2.90 bits per heavy atom. The Morgan fingerprint density at radius 1 is 1.43 bits per heavy atom. The highest BCUT2D eigenvalue weighted by molar-refractivity contribution is 7.11. The van der Waals surface area contributed by atoms with Gasteiger partial charge < -0.3 is 10.6 Å². The van der Waals surface area contributed by atoms with Crippen LogP contribution in [0.25, 0.3) is 0 Å². The highest BCUT2D eigenvalue weighted by Crippen LogP contribution is 2.19. The van der Waals surface area contributed by atoms with Crippen molar-refractivity contribution < 1.29 is 4.79 Å². The van der Waals surface area contributed by atoms with Crippen LogP contribution in [0.5, 0.6) is 0 Å². The van der Waals surface area contributed by atoms with Crippen LogP contribution in [0.2, 0.25) is 0 Å². The van der Waals surface area contributed by atoms with Gasteiger partial charge in [0, 0.05) is 29.5 Å². The van der Waals surface area contributed by atoms with E-state index in [0.717, 1.165) is 28.5 Å². The van der Waals surface area contributed by atoms with Gasteiger partial charge in [-0.25, -0.2) is 4.98 Å². The van der Waals surface area contributed by atoms with Crippen LogP contribution >= 0.6 is 11.3 Å². The molecule has 2 aromatic rings. The predicted octanol–water partition coefficient (Wildman–Crippen LogP) is 3.16. The first-order chi connectivity index (χ1) is 10.1. The number of thiazole rings is 1. The van der Waals surface area contributed by atoms with Crippen molar-refractivity contribution in [3.63, 3.8) is 0 Å². The molecule has 1 atom stereocenters. The molecule has 0 fully saturated rings. The SMILES string of the molecule is CCCNc1ccnc(C(=O)NC(C)c2ncc(C)s2)c1. The molecule has 0 aliphatic rings. The number of aryl methyl sites for hydroxylation is 1. The Morgan fingerprint density at radius 2 is 2.24 bits per heavy atom. The number of aromatic nitrogens is 2. The summed E-state index contributed by atoms with van der Waals surface area (Å²) in [6.07, 6.45) is 4.49. The molecular weight excluding hydrogens is 284 g/mol. The van der Waals surface area contributed by atoms with Crippen LogP contribution < -0.4 is 10.6 Å². The molecule has 0 spiro atoms. The summed E-state index contributed by atoms with van der Waals surface area (Å²) in [5.41, 5.74) is 1.32. The highest BCUT2D eigenvalue weighted by atomic mass is 32.1. The number of anilines is 1. The molecule has 0 aromatic carbocycles. The summed E-state index contributed by atoms with van der Waals surface area (Å²) in [5.74, 6) is -0.185. The van der Waals surface area contributed by atoms with E-state index in [0.29, 0.717) is 5.69 Å². The van der Waals surface area contributed by atoms with Crippen LogP contribution in [-0.4, -0.2) is 22.4 Å². The number of nitrogens with one attached hydrogen (secondary N) is 2. The zero-order chi connectivity index (χ0) is 15.2. The van der Waals surface area contributed by atoms with Crippen LogP contribution in [-0.2, 0) is 0 Å². The van der Waals surface area contributed by atoms with Crippen molar-refractivity contribution in [2.24, 2.45) is 0 Å². The van der Waals surface area contributed by atoms with Crippen molar-refractivity contribution in [3.05, 3.63) is 40.1 Å². The monoisotopic (exact) mass is 304 g/mol. The van der Waals surface area contributed by atoms with Crippen LogP contribution in [0.4, 0.5) is 5.69 Å². The smallest absolute Gasteiger partial charge is 0.270 e. The molecule has 112 valence electrons. The lowest BCUT2D eigenvalue weighted by Gasteiger charge is -2.11. The first kappa shape index (κ1) is 15.4. The van der Waals surface area contributed by atoms with Crippen molar-refractivity contribution in [2.45, 2.75) is 33.2 Å². The van der Waals surface area contributed by atoms with Gasteiger partial charge in [-0.3, -0.25) is 9.78 Å². The minimum atomic E-state index is -0.185. The molecule has 1 amide bonds. The molecule has 0 radical (unpaired) electrons. The normalized spacial score (nSPS) is 12.0. The van der Waals surface area contributed by atoms with Crippen molar-refractivity contribution in [1.29, 1.82) is 0 Å². The number of pyridine rings is 1. The average Bonchev–Trinajstić information content (AvgIpc) is 2.92. The first-order valence-electron chi connectivity index (χ1n) is 7.03. The lowest BCUT2D eigenvalue weighted by molar-refractivity contribution is 0.0935. The van der Waals surface area contributed by atoms with E-state index in [1.807, 2.05) is 26.1 Å². The van der Waals surface area contributed by atoms with E-state index in [1.54, 1.807) is 23.6 Å². The van der Waals surface area contributed by atoms with Gasteiger partial charge in [-0.2, -0.15) is 0 Å². The molecule has 5 nitrogen and oxygen atoms in total. The van der Waals surface area contributed by atoms with Gasteiger partial charge in [0.05, 0.1) is 6.04 Å². The minimum absolute atomic E-state index is 0.120. The number of rotatable bonds is 6. The molecule has 1 unspecified atom stereocenters. The second kappa shape index (κ2) is 7.17. The molecule has 21 heavy (non-hydrogen) atoms. The van der Waals surface area contributed by atoms with Crippen LogP contribution in [0, 0.1) is 6.92 Å². The van der Waals surface area contributed by atoms with Crippen LogP contribution in [0.1, 0.15) is 46.7 Å². The second-order valence-corrected chi connectivity index (χ2v) is 6.13. The summed E-state index contributed by atoms with van der Waals surface area (Å²) in [7, 11) is 0. The molecule has 0 aliphatic heterocycles. The van der Waals surface area contributed by atoms with Crippen LogP contribution in [0.3, 0.4) is 0 Å². The van der Waals surface area contributed by atoms with Gasteiger partial charge in [-0.05, 0) is 32.4 Å². The number of nitrogens with zero attached hydrogens (tertiary/aromatic N) is 2. The maximum Gasteiger partial charge on any atom is 0.270 e. The summed E-state index contributed by atoms with van der Waals surface area (Å²) in [4.78, 5) is 21.8. The third kappa shape index (κ3) is 4.26. The molecule has 0 saturated heterocycles. The Balaban J connectivity index is 2.02. The van der Waals surface area contributed by atoms with Gasteiger partial charge in [0.15, 0.2) is 0 Å². The number of carbonyl (C=O) groups is 1. The number of hydrogen-bond acceptors (Lipinski definition) is 5. The molecule has 0 bridgehead atoms. The quantitative estimate of drug-likeness (QED) is 0.860. The fraction of sp³-hybridized carbons (Fsp3) is 0.400. The topological polar surface area (TPSA) is 66.9 Å². The Kier molecular flexibility index (Phi) is 5.27. The Labute approximate surface area is 128 Å². The largest absolute Gasteiger partial charge is 0.385 e. The first-order valence-corrected chi connectivity index (χ1v) is 7.85. The van der Waals surface area contributed by atoms with Crippen molar-refractivity contribution >= 4 is 22.9 Å². The molecule has 2 aromatic heterocycles. The van der Waals surface area contributed by atoms with Crippen molar-refractivity contribution in [2.75, 3.05) is 11.9 Å². The fourth-order valence-electron chi connectivity index (χ4n) is 1.84. The Hall–Kier alpha value is -1.95. The van der Waals surface area contributed by atoms with Gasteiger partial charge in [0.2, 0.25) is 0 Å². The number of amides is 1. The minimum Gasteiger partial charge on any atom is -0.385 e. The predicted molar refractivity (Wildman–Crippen MR) is 85.7 cm³/mol. The fourth-order valence-corrected chi connectivity index (χ4v) is 2.62. The third-order valence-corrected chi connectivity index (χ3v) is 4.02. The molecule has 0 aliphatic carbocycles. The molecular formula is C15H20N4OS. The standard InChI is InChI=1S/C15H20N4OS/c1-4-6-16-12-5-7-17-13(8-12)14(20)19-11(3)15-18-9-10(2)21-15/h5,7-9,11H,4,6H2,1-3H3,(H,16,17)(H,19,20).